The summed E-state index contributed by atoms with van der Waals surface area (Å²) in [7, 11) is -3.03. The van der Waals surface area contributed by atoms with Gasteiger partial charge in [-0.25, -0.2) is 13.2 Å². The fourth-order valence-corrected chi connectivity index (χ4v) is 4.36. The quantitative estimate of drug-likeness (QED) is 0.801. The molecule has 8 nitrogen and oxygen atoms in total. The number of carbonyl (C=O) groups excluding carboxylic acids is 1. The van der Waals surface area contributed by atoms with E-state index in [9.17, 15) is 18.0 Å². The molecule has 0 bridgehead atoms. The second kappa shape index (κ2) is 6.67. The number of nitrogens with zero attached hydrogens (tertiary/aromatic N) is 2. The normalized spacial score (nSPS) is 18.8. The van der Waals surface area contributed by atoms with Gasteiger partial charge < -0.3 is 10.4 Å². The molecule has 1 unspecified atom stereocenters. The minimum absolute atomic E-state index is 0.0119. The number of rotatable bonds is 5. The SMILES string of the molecule is O=C(O)c1cnn(Cc2ccc(C(=O)NC3CCS(=O)(=O)C3)cc2)c1. The number of amides is 1. The van der Waals surface area contributed by atoms with Crippen LogP contribution in [0, 0.1) is 0 Å². The van der Waals surface area contributed by atoms with Crippen LogP contribution >= 0.6 is 0 Å². The van der Waals surface area contributed by atoms with Gasteiger partial charge in [-0.1, -0.05) is 12.1 Å². The Morgan fingerprint density at radius 3 is 2.52 bits per heavy atom. The van der Waals surface area contributed by atoms with Crippen molar-refractivity contribution >= 4 is 21.7 Å². The van der Waals surface area contributed by atoms with E-state index >= 15 is 0 Å². The number of carboxylic acid groups (broad SMARTS) is 1. The molecule has 1 aliphatic heterocycles. The topological polar surface area (TPSA) is 118 Å². The summed E-state index contributed by atoms with van der Waals surface area (Å²) in [5.74, 6) is -1.24. The lowest BCUT2D eigenvalue weighted by atomic mass is 10.1. The van der Waals surface area contributed by atoms with E-state index < -0.39 is 15.8 Å². The van der Waals surface area contributed by atoms with Gasteiger partial charge >= 0.3 is 5.97 Å². The number of hydrogen-bond donors (Lipinski definition) is 2. The van der Waals surface area contributed by atoms with E-state index in [4.69, 9.17) is 5.11 Å². The van der Waals surface area contributed by atoms with Gasteiger partial charge in [0.15, 0.2) is 9.84 Å². The molecular weight excluding hydrogens is 346 g/mol. The van der Waals surface area contributed by atoms with Crippen molar-refractivity contribution < 1.29 is 23.1 Å². The average Bonchev–Trinajstić information content (AvgIpc) is 3.14. The summed E-state index contributed by atoms with van der Waals surface area (Å²) in [6, 6.07) is 6.46. The molecule has 1 aromatic carbocycles. The third-order valence-corrected chi connectivity index (χ3v) is 5.78. The predicted octanol–water partition coefficient (Wildman–Crippen LogP) is 0.547. The van der Waals surface area contributed by atoms with Crippen LogP contribution in [-0.4, -0.2) is 52.7 Å². The largest absolute Gasteiger partial charge is 0.478 e. The first-order chi connectivity index (χ1) is 11.8. The van der Waals surface area contributed by atoms with Crippen molar-refractivity contribution in [3.8, 4) is 0 Å². The number of carbonyl (C=O) groups is 2. The Bertz CT molecular complexity index is 902. The highest BCUT2D eigenvalue weighted by atomic mass is 32.2. The Kier molecular flexibility index (Phi) is 4.58. The number of sulfone groups is 1. The zero-order chi connectivity index (χ0) is 18.0. The molecule has 2 aromatic rings. The number of carboxylic acids is 1. The zero-order valence-electron chi connectivity index (χ0n) is 13.3. The molecule has 3 rings (SSSR count). The summed E-state index contributed by atoms with van der Waals surface area (Å²) in [6.07, 6.45) is 3.15. The fraction of sp³-hybridized carbons (Fsp3) is 0.312. The molecule has 1 atom stereocenters. The maximum Gasteiger partial charge on any atom is 0.338 e. The molecule has 2 heterocycles. The number of benzene rings is 1. The minimum atomic E-state index is -3.03. The first-order valence-corrected chi connectivity index (χ1v) is 9.50. The molecule has 0 aliphatic carbocycles. The third kappa shape index (κ3) is 4.24. The monoisotopic (exact) mass is 363 g/mol. The van der Waals surface area contributed by atoms with Gasteiger partial charge in [-0.3, -0.25) is 9.48 Å². The Morgan fingerprint density at radius 1 is 1.24 bits per heavy atom. The Hall–Kier alpha value is -2.68. The number of hydrogen-bond acceptors (Lipinski definition) is 5. The van der Waals surface area contributed by atoms with Crippen LogP contribution in [0.15, 0.2) is 36.7 Å². The first-order valence-electron chi connectivity index (χ1n) is 7.68. The minimum Gasteiger partial charge on any atom is -0.478 e. The van der Waals surface area contributed by atoms with Crippen LogP contribution in [0.2, 0.25) is 0 Å². The van der Waals surface area contributed by atoms with Crippen molar-refractivity contribution in [2.75, 3.05) is 11.5 Å². The molecule has 0 spiro atoms. The molecule has 1 amide bonds. The van der Waals surface area contributed by atoms with Gasteiger partial charge in [0, 0.05) is 17.8 Å². The summed E-state index contributed by atoms with van der Waals surface area (Å²) in [5, 5.41) is 15.6. The summed E-state index contributed by atoms with van der Waals surface area (Å²) in [4.78, 5) is 23.0. The summed E-state index contributed by atoms with van der Waals surface area (Å²) >= 11 is 0. The van der Waals surface area contributed by atoms with E-state index in [-0.39, 0.29) is 29.0 Å². The van der Waals surface area contributed by atoms with E-state index in [1.165, 1.54) is 17.1 Å². The lowest BCUT2D eigenvalue weighted by Crippen LogP contribution is -2.35. The van der Waals surface area contributed by atoms with E-state index in [1.807, 2.05) is 0 Å². The molecule has 1 aromatic heterocycles. The Labute approximate surface area is 144 Å². The second-order valence-corrected chi connectivity index (χ2v) is 8.23. The second-order valence-electron chi connectivity index (χ2n) is 6.00. The van der Waals surface area contributed by atoms with Gasteiger partial charge in [0.1, 0.15) is 0 Å². The summed E-state index contributed by atoms with van der Waals surface area (Å²) in [5.41, 5.74) is 1.42. The molecular formula is C16H17N3O5S. The summed E-state index contributed by atoms with van der Waals surface area (Å²) in [6.45, 7) is 0.385. The molecule has 1 aliphatic rings. The van der Waals surface area contributed by atoms with E-state index in [0.717, 1.165) is 5.56 Å². The van der Waals surface area contributed by atoms with Crippen molar-refractivity contribution in [1.82, 2.24) is 15.1 Å². The highest BCUT2D eigenvalue weighted by molar-refractivity contribution is 7.91. The zero-order valence-corrected chi connectivity index (χ0v) is 14.1. The van der Waals surface area contributed by atoms with Crippen LogP contribution in [0.25, 0.3) is 0 Å². The lowest BCUT2D eigenvalue weighted by Gasteiger charge is -2.11. The first kappa shape index (κ1) is 17.2. The molecule has 1 saturated heterocycles. The van der Waals surface area contributed by atoms with Crippen LogP contribution in [0.5, 0.6) is 0 Å². The van der Waals surface area contributed by atoms with Gasteiger partial charge in [0.25, 0.3) is 5.91 Å². The molecule has 1 fully saturated rings. The van der Waals surface area contributed by atoms with Crippen molar-refractivity contribution in [3.63, 3.8) is 0 Å². The molecule has 25 heavy (non-hydrogen) atoms. The van der Waals surface area contributed by atoms with Crippen LogP contribution in [-0.2, 0) is 16.4 Å². The van der Waals surface area contributed by atoms with Crippen LogP contribution in [0.3, 0.4) is 0 Å². The van der Waals surface area contributed by atoms with Crippen molar-refractivity contribution in [2.24, 2.45) is 0 Å². The molecule has 2 N–H and O–H groups in total. The van der Waals surface area contributed by atoms with Crippen molar-refractivity contribution in [1.29, 1.82) is 0 Å². The maximum atomic E-state index is 12.2. The van der Waals surface area contributed by atoms with Gasteiger partial charge in [-0.2, -0.15) is 5.10 Å². The van der Waals surface area contributed by atoms with E-state index in [2.05, 4.69) is 10.4 Å². The molecule has 0 radical (unpaired) electrons. The number of aromatic carboxylic acids is 1. The van der Waals surface area contributed by atoms with Crippen LogP contribution in [0.4, 0.5) is 0 Å². The van der Waals surface area contributed by atoms with E-state index in [0.29, 0.717) is 18.5 Å². The average molecular weight is 363 g/mol. The fourth-order valence-electron chi connectivity index (χ4n) is 2.69. The van der Waals surface area contributed by atoms with E-state index in [1.54, 1.807) is 24.3 Å². The van der Waals surface area contributed by atoms with Crippen molar-refractivity contribution in [2.45, 2.75) is 19.0 Å². The smallest absolute Gasteiger partial charge is 0.338 e. The molecule has 9 heteroatoms. The molecule has 0 saturated carbocycles. The number of aromatic nitrogens is 2. The van der Waals surface area contributed by atoms with Gasteiger partial charge in [-0.05, 0) is 24.1 Å². The van der Waals surface area contributed by atoms with Gasteiger partial charge in [0.2, 0.25) is 0 Å². The number of nitrogens with one attached hydrogen (secondary N) is 1. The van der Waals surface area contributed by atoms with Crippen LogP contribution < -0.4 is 5.32 Å². The highest BCUT2D eigenvalue weighted by Crippen LogP contribution is 2.13. The van der Waals surface area contributed by atoms with Crippen molar-refractivity contribution in [3.05, 3.63) is 53.3 Å². The third-order valence-electron chi connectivity index (χ3n) is 4.01. The van der Waals surface area contributed by atoms with Gasteiger partial charge in [0.05, 0.1) is 29.8 Å². The van der Waals surface area contributed by atoms with Gasteiger partial charge in [-0.15, -0.1) is 0 Å². The predicted molar refractivity (Wildman–Crippen MR) is 89.3 cm³/mol. The lowest BCUT2D eigenvalue weighted by molar-refractivity contribution is 0.0696. The van der Waals surface area contributed by atoms with Crippen LogP contribution in [0.1, 0.15) is 32.7 Å². The Balaban J connectivity index is 1.61. The standard InChI is InChI=1S/C16H17N3O5S/c20-15(18-14-5-6-25(23,24)10-14)12-3-1-11(2-4-12)8-19-9-13(7-17-19)16(21)22/h1-4,7,9,14H,5-6,8,10H2,(H,18,20)(H,21,22). The maximum absolute atomic E-state index is 12.2. The molecule has 132 valence electrons. The highest BCUT2D eigenvalue weighted by Gasteiger charge is 2.29. The summed E-state index contributed by atoms with van der Waals surface area (Å²) < 4.78 is 24.4. The Morgan fingerprint density at radius 2 is 1.96 bits per heavy atom.